The summed E-state index contributed by atoms with van der Waals surface area (Å²) in [5.74, 6) is 24.1. The molecule has 18 atom stereocenters. The molecule has 0 heterocycles. The van der Waals surface area contributed by atoms with Crippen LogP contribution >= 0.6 is 0 Å². The van der Waals surface area contributed by atoms with Crippen molar-refractivity contribution >= 4 is 0 Å². The van der Waals surface area contributed by atoms with Gasteiger partial charge in [-0.1, -0.05) is 105 Å². The molecule has 18 unspecified atom stereocenters. The third-order valence-corrected chi connectivity index (χ3v) is 25.4. The molecule has 0 aliphatic heterocycles. The topological polar surface area (TPSA) is 0 Å². The van der Waals surface area contributed by atoms with Gasteiger partial charge in [0, 0.05) is 0 Å². The Balaban J connectivity index is 0.862. The van der Waals surface area contributed by atoms with E-state index >= 15 is 0 Å². The maximum Gasteiger partial charge on any atom is -0.0292 e. The SMILES string of the molecule is CC1(C)C2CCCCC2C2CCC(C3C4CCCCC4C(C4C5CCCCC5C(C5CCC6C7CCCCC7C(C)(C)C6C5)C5CCCCC54)C4CCCCC43)CC21. The summed E-state index contributed by atoms with van der Waals surface area (Å²) in [6.45, 7) is 11.2. The lowest BCUT2D eigenvalue weighted by Gasteiger charge is -2.66. The Labute approximate surface area is 359 Å². The van der Waals surface area contributed by atoms with E-state index in [1.165, 1.54) is 12.8 Å². The van der Waals surface area contributed by atoms with Gasteiger partial charge >= 0.3 is 0 Å². The fourth-order valence-corrected chi connectivity index (χ4v) is 24.0. The van der Waals surface area contributed by atoms with Gasteiger partial charge in [0.2, 0.25) is 0 Å². The van der Waals surface area contributed by atoms with Crippen LogP contribution in [0.25, 0.3) is 0 Å². The first kappa shape index (κ1) is 39.6. The lowest BCUT2D eigenvalue weighted by Crippen LogP contribution is -2.60. The summed E-state index contributed by atoms with van der Waals surface area (Å²) in [4.78, 5) is 0. The number of fused-ring (bicyclic) bond motifs is 10. The summed E-state index contributed by atoms with van der Waals surface area (Å²) in [6.07, 6.45) is 48.3. The highest BCUT2D eigenvalue weighted by Crippen LogP contribution is 2.72. The number of rotatable bonds is 3. The van der Waals surface area contributed by atoms with Crippen LogP contribution in [0.2, 0.25) is 0 Å². The molecule has 0 aromatic rings. The number of hydrogen-bond donors (Lipinski definition) is 0. The second-order valence-corrected chi connectivity index (χ2v) is 27.2. The Bertz CT molecular complexity index is 1300. The summed E-state index contributed by atoms with van der Waals surface area (Å²) < 4.78 is 0. The molecule has 12 rings (SSSR count). The van der Waals surface area contributed by atoms with Crippen molar-refractivity contribution < 1.29 is 0 Å². The normalized spacial score (nSPS) is 56.9. The molecule has 0 spiro atoms. The predicted octanol–water partition coefficient (Wildman–Crippen LogP) is 16.5. The molecule has 12 aliphatic rings. The summed E-state index contributed by atoms with van der Waals surface area (Å²) >= 11 is 0. The summed E-state index contributed by atoms with van der Waals surface area (Å²) in [7, 11) is 0. The quantitative estimate of drug-likeness (QED) is 0.267. The van der Waals surface area contributed by atoms with Gasteiger partial charge in [-0.25, -0.2) is 0 Å². The smallest absolute Gasteiger partial charge is 0.0292 e. The Hall–Kier alpha value is 0. The van der Waals surface area contributed by atoms with E-state index < -0.39 is 0 Å². The van der Waals surface area contributed by atoms with E-state index in [0.717, 1.165) is 130 Å². The zero-order valence-corrected chi connectivity index (χ0v) is 38.9. The van der Waals surface area contributed by atoms with Crippen LogP contribution in [0.1, 0.15) is 220 Å². The van der Waals surface area contributed by atoms with Crippen LogP contribution in [-0.4, -0.2) is 0 Å². The van der Waals surface area contributed by atoms with Gasteiger partial charge in [0.1, 0.15) is 0 Å². The van der Waals surface area contributed by atoms with Crippen LogP contribution in [0.3, 0.4) is 0 Å². The molecule has 0 N–H and O–H groups in total. The second kappa shape index (κ2) is 15.3. The fraction of sp³-hybridized carbons (Fsp3) is 1.00. The molecule has 58 heavy (non-hydrogen) atoms. The minimum absolute atomic E-state index is 0.610. The van der Waals surface area contributed by atoms with Gasteiger partial charge in [-0.05, 0) is 257 Å². The van der Waals surface area contributed by atoms with Gasteiger partial charge in [-0.3, -0.25) is 0 Å². The summed E-state index contributed by atoms with van der Waals surface area (Å²) in [6, 6.07) is 0. The maximum absolute atomic E-state index is 2.80. The monoisotopic (exact) mass is 791 g/mol. The van der Waals surface area contributed by atoms with E-state index in [1.807, 2.05) is 0 Å². The first-order valence-corrected chi connectivity index (χ1v) is 28.3. The third-order valence-electron chi connectivity index (χ3n) is 25.4. The van der Waals surface area contributed by atoms with Crippen molar-refractivity contribution in [2.24, 2.45) is 141 Å². The van der Waals surface area contributed by atoms with E-state index in [2.05, 4.69) is 27.7 Å². The third kappa shape index (κ3) is 6.00. The zero-order valence-electron chi connectivity index (χ0n) is 38.9. The number of hydrogen-bond acceptors (Lipinski definition) is 0. The average molecular weight is 791 g/mol. The van der Waals surface area contributed by atoms with E-state index in [0.29, 0.717) is 10.8 Å². The molecule has 0 nitrogen and oxygen atoms in total. The minimum Gasteiger partial charge on any atom is -0.0594 e. The molecule has 0 saturated heterocycles. The fourth-order valence-electron chi connectivity index (χ4n) is 24.0. The van der Waals surface area contributed by atoms with Gasteiger partial charge in [0.05, 0.1) is 0 Å². The molecule has 0 amide bonds. The lowest BCUT2D eigenvalue weighted by atomic mass is 9.39. The van der Waals surface area contributed by atoms with Crippen LogP contribution in [0.5, 0.6) is 0 Å². The molecule has 0 radical (unpaired) electrons. The van der Waals surface area contributed by atoms with Crippen LogP contribution in [0, 0.1) is 141 Å². The van der Waals surface area contributed by atoms with Crippen LogP contribution < -0.4 is 0 Å². The molecular formula is C58H94. The highest BCUT2D eigenvalue weighted by Gasteiger charge is 2.65. The average Bonchev–Trinajstić information content (AvgIpc) is 3.63. The zero-order chi connectivity index (χ0) is 38.9. The summed E-state index contributed by atoms with van der Waals surface area (Å²) in [5.41, 5.74) is 1.22. The Morgan fingerprint density at radius 2 is 0.466 bits per heavy atom. The standard InChI is InChI=1S/C58H94/c1-57(2)49-27-15-13-17-37(49)39-31-29-35(33-51(39)57)53-41-19-5-9-23-45(41)55(46-24-10-6-20-42(46)53)56-47-25-11-7-21-43(47)54(44-22-8-12-26-48(44)56)36-30-32-40-38-18-14-16-28-50(38)58(3,4)52(40)34-36/h35-56H,5-34H2,1-4H3. The lowest BCUT2D eigenvalue weighted by molar-refractivity contribution is -0.176. The molecule has 326 valence electrons. The van der Waals surface area contributed by atoms with Gasteiger partial charge in [0.15, 0.2) is 0 Å². The van der Waals surface area contributed by atoms with Crippen molar-refractivity contribution in [1.29, 1.82) is 0 Å². The summed E-state index contributed by atoms with van der Waals surface area (Å²) in [5, 5.41) is 0. The van der Waals surface area contributed by atoms with Crippen molar-refractivity contribution in [1.82, 2.24) is 0 Å². The highest BCUT2D eigenvalue weighted by molar-refractivity contribution is 5.13. The minimum atomic E-state index is 0.610. The Kier molecular flexibility index (Phi) is 10.5. The highest BCUT2D eigenvalue weighted by atomic mass is 14.7. The Morgan fingerprint density at radius 3 is 0.776 bits per heavy atom. The van der Waals surface area contributed by atoms with Crippen LogP contribution in [-0.2, 0) is 0 Å². The molecule has 0 aromatic heterocycles. The molecule has 0 bridgehead atoms. The van der Waals surface area contributed by atoms with E-state index in [-0.39, 0.29) is 0 Å². The van der Waals surface area contributed by atoms with E-state index in [9.17, 15) is 0 Å². The molecule has 12 saturated carbocycles. The van der Waals surface area contributed by atoms with Crippen molar-refractivity contribution in [3.8, 4) is 0 Å². The molecule has 0 aromatic carbocycles. The van der Waals surface area contributed by atoms with Crippen LogP contribution in [0.4, 0.5) is 0 Å². The van der Waals surface area contributed by atoms with E-state index in [4.69, 9.17) is 0 Å². The van der Waals surface area contributed by atoms with Crippen molar-refractivity contribution in [2.45, 2.75) is 220 Å². The van der Waals surface area contributed by atoms with Crippen molar-refractivity contribution in [2.75, 3.05) is 0 Å². The predicted molar refractivity (Wildman–Crippen MR) is 243 cm³/mol. The van der Waals surface area contributed by atoms with Crippen molar-refractivity contribution in [3.05, 3.63) is 0 Å². The first-order chi connectivity index (χ1) is 28.3. The van der Waals surface area contributed by atoms with E-state index in [1.54, 1.807) is 180 Å². The maximum atomic E-state index is 2.80. The second-order valence-electron chi connectivity index (χ2n) is 27.2. The largest absolute Gasteiger partial charge is 0.0594 e. The van der Waals surface area contributed by atoms with Gasteiger partial charge in [-0.2, -0.15) is 0 Å². The first-order valence-electron chi connectivity index (χ1n) is 28.3. The van der Waals surface area contributed by atoms with Gasteiger partial charge < -0.3 is 0 Å². The van der Waals surface area contributed by atoms with Gasteiger partial charge in [0.25, 0.3) is 0 Å². The molecule has 0 heteroatoms. The Morgan fingerprint density at radius 1 is 0.224 bits per heavy atom. The molecule has 12 aliphatic carbocycles. The van der Waals surface area contributed by atoms with Gasteiger partial charge in [-0.15, -0.1) is 0 Å². The van der Waals surface area contributed by atoms with Crippen LogP contribution in [0.15, 0.2) is 0 Å². The molecule has 12 fully saturated rings. The van der Waals surface area contributed by atoms with Crippen molar-refractivity contribution in [3.63, 3.8) is 0 Å². The molecular weight excluding hydrogens is 697 g/mol.